The van der Waals surface area contributed by atoms with Gasteiger partial charge in [0.1, 0.15) is 0 Å². The molecule has 1 heterocycles. The molecule has 2 heteroatoms. The van der Waals surface area contributed by atoms with Crippen LogP contribution >= 0.6 is 0 Å². The Bertz CT molecular complexity index is 707. The molecule has 1 N–H and O–H groups in total. The molecule has 2 aliphatic rings. The summed E-state index contributed by atoms with van der Waals surface area (Å²) in [5, 5.41) is 1.23. The van der Waals surface area contributed by atoms with Gasteiger partial charge in [-0.2, -0.15) is 0 Å². The van der Waals surface area contributed by atoms with Crippen molar-refractivity contribution >= 4 is 22.8 Å². The minimum Gasteiger partial charge on any atom is -0.358 e. The molecule has 0 unspecified atom stereocenters. The number of hydrogen-bond acceptors (Lipinski definition) is 1. The van der Waals surface area contributed by atoms with Gasteiger partial charge in [-0.15, -0.1) is 0 Å². The lowest BCUT2D eigenvalue weighted by atomic mass is 9.91. The van der Waals surface area contributed by atoms with Gasteiger partial charge in [0.15, 0.2) is 5.78 Å². The number of para-hydroxylation sites is 1. The van der Waals surface area contributed by atoms with E-state index in [1.807, 2.05) is 6.07 Å². The number of aryl methyl sites for hydroxylation is 1. The number of rotatable bonds is 1. The van der Waals surface area contributed by atoms with Crippen molar-refractivity contribution in [1.29, 1.82) is 0 Å². The van der Waals surface area contributed by atoms with Gasteiger partial charge in [-0.1, -0.05) is 18.2 Å². The molecule has 0 spiro atoms. The summed E-state index contributed by atoms with van der Waals surface area (Å²) in [4.78, 5) is 15.7. The Morgan fingerprint density at radius 2 is 2.00 bits per heavy atom. The molecule has 0 saturated heterocycles. The Hall–Kier alpha value is -1.83. The van der Waals surface area contributed by atoms with Gasteiger partial charge >= 0.3 is 0 Å². The largest absolute Gasteiger partial charge is 0.358 e. The fourth-order valence-corrected chi connectivity index (χ4v) is 3.77. The molecular weight excluding hydrogens is 234 g/mol. The molecule has 2 fully saturated rings. The van der Waals surface area contributed by atoms with E-state index in [0.717, 1.165) is 29.6 Å². The van der Waals surface area contributed by atoms with Crippen molar-refractivity contribution in [3.8, 4) is 0 Å². The lowest BCUT2D eigenvalue weighted by Crippen LogP contribution is -2.11. The van der Waals surface area contributed by atoms with Gasteiger partial charge in [0.25, 0.3) is 0 Å². The average Bonchev–Trinajstić information content (AvgIpc) is 3.06. The van der Waals surface area contributed by atoms with Crippen LogP contribution in [-0.2, 0) is 4.79 Å². The number of H-pyrrole nitrogens is 1. The van der Waals surface area contributed by atoms with Crippen LogP contribution < -0.4 is 0 Å². The maximum Gasteiger partial charge on any atom is 0.162 e. The topological polar surface area (TPSA) is 32.9 Å². The second-order valence-corrected chi connectivity index (χ2v) is 5.88. The van der Waals surface area contributed by atoms with E-state index in [-0.39, 0.29) is 0 Å². The van der Waals surface area contributed by atoms with Crippen molar-refractivity contribution in [2.24, 2.45) is 11.8 Å². The molecular formula is C17H17NO. The smallest absolute Gasteiger partial charge is 0.162 e. The highest BCUT2D eigenvalue weighted by atomic mass is 16.1. The number of fused-ring (bicyclic) bond motifs is 3. The Morgan fingerprint density at radius 1 is 1.21 bits per heavy atom. The maximum absolute atomic E-state index is 12.3. The van der Waals surface area contributed by atoms with E-state index in [1.54, 1.807) is 0 Å². The van der Waals surface area contributed by atoms with Crippen LogP contribution in [0.1, 0.15) is 30.5 Å². The first-order valence-electron chi connectivity index (χ1n) is 7.07. The lowest BCUT2D eigenvalue weighted by Gasteiger charge is -2.12. The molecule has 96 valence electrons. The van der Waals surface area contributed by atoms with Crippen LogP contribution in [0.4, 0.5) is 0 Å². The number of allylic oxidation sites excluding steroid dienone is 1. The fourth-order valence-electron chi connectivity index (χ4n) is 3.77. The van der Waals surface area contributed by atoms with Crippen molar-refractivity contribution in [2.75, 3.05) is 0 Å². The highest BCUT2D eigenvalue weighted by Crippen LogP contribution is 2.46. The van der Waals surface area contributed by atoms with E-state index in [0.29, 0.717) is 17.6 Å². The number of aromatic nitrogens is 1. The van der Waals surface area contributed by atoms with Gasteiger partial charge in [0, 0.05) is 28.1 Å². The number of ketones is 1. The van der Waals surface area contributed by atoms with E-state index >= 15 is 0 Å². The molecule has 0 aliphatic heterocycles. The van der Waals surface area contributed by atoms with Crippen molar-refractivity contribution in [3.63, 3.8) is 0 Å². The summed E-state index contributed by atoms with van der Waals surface area (Å²) in [5.41, 5.74) is 4.59. The standard InChI is InChI=1S/C17H17NO/c1-10-14(13-4-2-3-5-16(13)18-10)9-15-11-6-7-12(8-11)17(15)19/h2-5,9,11-12,18H,6-8H2,1H3/b15-9-/t11-,12-/m0/s1. The van der Waals surface area contributed by atoms with Crippen LogP contribution in [0.3, 0.4) is 0 Å². The summed E-state index contributed by atoms with van der Waals surface area (Å²) < 4.78 is 0. The molecule has 0 amide bonds. The molecule has 0 radical (unpaired) electrons. The summed E-state index contributed by atoms with van der Waals surface area (Å²) in [6.45, 7) is 2.09. The van der Waals surface area contributed by atoms with Gasteiger partial charge in [-0.3, -0.25) is 4.79 Å². The first-order valence-corrected chi connectivity index (χ1v) is 7.07. The molecule has 2 aromatic rings. The second kappa shape index (κ2) is 3.83. The predicted octanol–water partition coefficient (Wildman–Crippen LogP) is 3.86. The van der Waals surface area contributed by atoms with Crippen LogP contribution in [0.25, 0.3) is 17.0 Å². The summed E-state index contributed by atoms with van der Waals surface area (Å²) in [6, 6.07) is 8.31. The van der Waals surface area contributed by atoms with Gasteiger partial charge in [0.05, 0.1) is 0 Å². The summed E-state index contributed by atoms with van der Waals surface area (Å²) in [5.74, 6) is 1.24. The fraction of sp³-hybridized carbons (Fsp3) is 0.353. The third kappa shape index (κ3) is 1.52. The van der Waals surface area contributed by atoms with E-state index in [2.05, 4.69) is 36.2 Å². The molecule has 2 aliphatic carbocycles. The zero-order valence-corrected chi connectivity index (χ0v) is 11.1. The predicted molar refractivity (Wildman–Crippen MR) is 76.9 cm³/mol. The third-order valence-corrected chi connectivity index (χ3v) is 4.77. The first kappa shape index (κ1) is 11.0. The van der Waals surface area contributed by atoms with E-state index in [9.17, 15) is 4.79 Å². The monoisotopic (exact) mass is 251 g/mol. The number of Topliss-reactive ketones (excluding diaryl/α,β-unsaturated/α-hetero) is 1. The number of hydrogen-bond donors (Lipinski definition) is 1. The molecule has 2 nitrogen and oxygen atoms in total. The van der Waals surface area contributed by atoms with Crippen LogP contribution in [0, 0.1) is 18.8 Å². The minimum absolute atomic E-state index is 0.321. The number of carbonyl (C=O) groups is 1. The van der Waals surface area contributed by atoms with Crippen LogP contribution in [0.2, 0.25) is 0 Å². The molecule has 2 bridgehead atoms. The number of benzene rings is 1. The van der Waals surface area contributed by atoms with Crippen molar-refractivity contribution in [2.45, 2.75) is 26.2 Å². The Labute approximate surface area is 112 Å². The van der Waals surface area contributed by atoms with E-state index in [4.69, 9.17) is 0 Å². The van der Waals surface area contributed by atoms with Gasteiger partial charge in [-0.25, -0.2) is 0 Å². The molecule has 4 rings (SSSR count). The zero-order chi connectivity index (χ0) is 13.0. The second-order valence-electron chi connectivity index (χ2n) is 5.88. The normalized spacial score (nSPS) is 27.8. The zero-order valence-electron chi connectivity index (χ0n) is 11.1. The highest BCUT2D eigenvalue weighted by Gasteiger charge is 2.42. The quantitative estimate of drug-likeness (QED) is 0.767. The van der Waals surface area contributed by atoms with Gasteiger partial charge < -0.3 is 4.98 Å². The Morgan fingerprint density at radius 3 is 2.79 bits per heavy atom. The molecule has 1 aromatic heterocycles. The number of aromatic amines is 1. The molecule has 1 aromatic carbocycles. The maximum atomic E-state index is 12.3. The lowest BCUT2D eigenvalue weighted by molar-refractivity contribution is -0.118. The Kier molecular flexibility index (Phi) is 2.22. The number of nitrogens with one attached hydrogen (secondary N) is 1. The summed E-state index contributed by atoms with van der Waals surface area (Å²) in [7, 11) is 0. The van der Waals surface area contributed by atoms with Gasteiger partial charge in [0.2, 0.25) is 0 Å². The van der Waals surface area contributed by atoms with E-state index in [1.165, 1.54) is 17.4 Å². The van der Waals surface area contributed by atoms with Crippen molar-refractivity contribution < 1.29 is 4.79 Å². The van der Waals surface area contributed by atoms with Crippen LogP contribution in [0.5, 0.6) is 0 Å². The van der Waals surface area contributed by atoms with Crippen molar-refractivity contribution in [1.82, 2.24) is 4.98 Å². The van der Waals surface area contributed by atoms with Gasteiger partial charge in [-0.05, 0) is 49.8 Å². The molecule has 2 atom stereocenters. The minimum atomic E-state index is 0.321. The van der Waals surface area contributed by atoms with Crippen molar-refractivity contribution in [3.05, 3.63) is 41.1 Å². The third-order valence-electron chi connectivity index (χ3n) is 4.77. The van der Waals surface area contributed by atoms with Crippen LogP contribution in [0.15, 0.2) is 29.8 Å². The summed E-state index contributed by atoms with van der Waals surface area (Å²) in [6.07, 6.45) is 5.55. The molecule has 19 heavy (non-hydrogen) atoms. The highest BCUT2D eigenvalue weighted by molar-refractivity contribution is 6.06. The SMILES string of the molecule is Cc1[nH]c2ccccc2c1/C=C1\C(=O)[C@H]2CC[C@H]1C2. The Balaban J connectivity index is 1.88. The van der Waals surface area contributed by atoms with E-state index < -0.39 is 0 Å². The molecule has 2 saturated carbocycles. The van der Waals surface area contributed by atoms with Crippen LogP contribution in [-0.4, -0.2) is 10.8 Å². The first-order chi connectivity index (χ1) is 9.24. The average molecular weight is 251 g/mol. The number of carbonyl (C=O) groups excluding carboxylic acids is 1. The summed E-state index contributed by atoms with van der Waals surface area (Å²) >= 11 is 0.